The largest absolute Gasteiger partial charge is 0.486 e. The van der Waals surface area contributed by atoms with E-state index in [0.717, 1.165) is 37.6 Å². The number of hydrogen-bond acceptors (Lipinski definition) is 4. The van der Waals surface area contributed by atoms with Crippen LogP contribution in [0.1, 0.15) is 12.5 Å². The molecule has 2 aliphatic heterocycles. The molecule has 2 aliphatic rings. The molecule has 1 fully saturated rings. The number of ether oxygens (including phenoxy) is 3. The van der Waals surface area contributed by atoms with Crippen molar-refractivity contribution in [1.29, 1.82) is 0 Å². The topological polar surface area (TPSA) is 30.9 Å². The fourth-order valence-corrected chi connectivity index (χ4v) is 2.84. The van der Waals surface area contributed by atoms with E-state index < -0.39 is 0 Å². The van der Waals surface area contributed by atoms with Crippen LogP contribution in [0, 0.1) is 0 Å². The van der Waals surface area contributed by atoms with Crippen molar-refractivity contribution in [2.45, 2.75) is 19.6 Å². The molecule has 1 saturated heterocycles. The van der Waals surface area contributed by atoms with Crippen LogP contribution in [0.25, 0.3) is 0 Å². The molecule has 0 aromatic heterocycles. The van der Waals surface area contributed by atoms with E-state index in [1.54, 1.807) is 0 Å². The molecule has 5 heteroatoms. The second-order valence-corrected chi connectivity index (χ2v) is 5.43. The second kappa shape index (κ2) is 5.57. The molecule has 0 bridgehead atoms. The summed E-state index contributed by atoms with van der Waals surface area (Å²) in [5, 5.41) is 0.633. The van der Waals surface area contributed by atoms with E-state index >= 15 is 0 Å². The van der Waals surface area contributed by atoms with Crippen molar-refractivity contribution in [3.05, 3.63) is 22.7 Å². The van der Waals surface area contributed by atoms with Crippen LogP contribution in [-0.2, 0) is 11.3 Å². The Kier molecular flexibility index (Phi) is 3.82. The van der Waals surface area contributed by atoms with Gasteiger partial charge in [0, 0.05) is 19.6 Å². The van der Waals surface area contributed by atoms with Gasteiger partial charge in [0.2, 0.25) is 0 Å². The quantitative estimate of drug-likeness (QED) is 0.834. The lowest BCUT2D eigenvalue weighted by Crippen LogP contribution is -2.40. The van der Waals surface area contributed by atoms with Gasteiger partial charge in [-0.15, -0.1) is 0 Å². The summed E-state index contributed by atoms with van der Waals surface area (Å²) in [6.45, 7) is 6.81. The third-order valence-corrected chi connectivity index (χ3v) is 3.67. The van der Waals surface area contributed by atoms with Gasteiger partial charge in [-0.3, -0.25) is 4.90 Å². The Bertz CT molecular complexity index is 466. The van der Waals surface area contributed by atoms with Crippen molar-refractivity contribution >= 4 is 11.6 Å². The summed E-state index contributed by atoms with van der Waals surface area (Å²) >= 11 is 6.25. The molecule has 19 heavy (non-hydrogen) atoms. The van der Waals surface area contributed by atoms with Crippen molar-refractivity contribution in [2.75, 3.05) is 32.9 Å². The van der Waals surface area contributed by atoms with Gasteiger partial charge in [-0.05, 0) is 24.6 Å². The minimum atomic E-state index is 0.293. The summed E-state index contributed by atoms with van der Waals surface area (Å²) in [6, 6.07) is 4.00. The van der Waals surface area contributed by atoms with Gasteiger partial charge in [0.15, 0.2) is 11.5 Å². The third kappa shape index (κ3) is 2.96. The highest BCUT2D eigenvalue weighted by Gasteiger charge is 2.20. The number of halogens is 1. The third-order valence-electron chi connectivity index (χ3n) is 3.39. The minimum absolute atomic E-state index is 0.293. The maximum Gasteiger partial charge on any atom is 0.179 e. The molecule has 1 unspecified atom stereocenters. The van der Waals surface area contributed by atoms with E-state index in [0.29, 0.717) is 30.1 Å². The number of rotatable bonds is 2. The molecular weight excluding hydrogens is 266 g/mol. The summed E-state index contributed by atoms with van der Waals surface area (Å²) in [6.07, 6.45) is 0.293. The molecular formula is C14H18ClNO3. The molecule has 0 saturated carbocycles. The molecule has 0 N–H and O–H groups in total. The van der Waals surface area contributed by atoms with Crippen LogP contribution in [0.5, 0.6) is 11.5 Å². The summed E-state index contributed by atoms with van der Waals surface area (Å²) in [7, 11) is 0. The summed E-state index contributed by atoms with van der Waals surface area (Å²) in [4.78, 5) is 2.37. The van der Waals surface area contributed by atoms with Crippen molar-refractivity contribution in [3.8, 4) is 11.5 Å². The number of benzene rings is 1. The Hall–Kier alpha value is -0.970. The van der Waals surface area contributed by atoms with Crippen molar-refractivity contribution in [1.82, 2.24) is 4.90 Å². The molecule has 0 amide bonds. The highest BCUT2D eigenvalue weighted by molar-refractivity contribution is 6.32. The Balaban J connectivity index is 1.76. The molecule has 4 nitrogen and oxygen atoms in total. The summed E-state index contributed by atoms with van der Waals surface area (Å²) < 4.78 is 16.7. The molecule has 1 aromatic carbocycles. The second-order valence-electron chi connectivity index (χ2n) is 5.02. The van der Waals surface area contributed by atoms with E-state index in [1.165, 1.54) is 0 Å². The lowest BCUT2D eigenvalue weighted by molar-refractivity contribution is -0.0212. The van der Waals surface area contributed by atoms with Crippen LogP contribution < -0.4 is 9.47 Å². The molecule has 0 spiro atoms. The Morgan fingerprint density at radius 1 is 1.26 bits per heavy atom. The van der Waals surface area contributed by atoms with Crippen LogP contribution in [-0.4, -0.2) is 43.9 Å². The Morgan fingerprint density at radius 2 is 2.11 bits per heavy atom. The summed E-state index contributed by atoms with van der Waals surface area (Å²) in [5.74, 6) is 1.43. The number of morpholine rings is 1. The van der Waals surface area contributed by atoms with E-state index in [2.05, 4.69) is 11.8 Å². The Labute approximate surface area is 118 Å². The van der Waals surface area contributed by atoms with Gasteiger partial charge in [-0.25, -0.2) is 0 Å². The van der Waals surface area contributed by atoms with E-state index in [4.69, 9.17) is 25.8 Å². The number of fused-ring (bicyclic) bond motifs is 1. The number of hydrogen-bond donors (Lipinski definition) is 0. The normalized spacial score (nSPS) is 23.4. The highest BCUT2D eigenvalue weighted by atomic mass is 35.5. The van der Waals surface area contributed by atoms with Gasteiger partial charge in [0.25, 0.3) is 0 Å². The predicted molar refractivity (Wildman–Crippen MR) is 73.1 cm³/mol. The van der Waals surface area contributed by atoms with Crippen LogP contribution in [0.3, 0.4) is 0 Å². The SMILES string of the molecule is CC1CN(Cc2cc(Cl)c3c(c2)OCCO3)CCO1. The van der Waals surface area contributed by atoms with E-state index in [9.17, 15) is 0 Å². The van der Waals surface area contributed by atoms with Gasteiger partial charge < -0.3 is 14.2 Å². The van der Waals surface area contributed by atoms with Crippen LogP contribution in [0.4, 0.5) is 0 Å². The molecule has 0 aliphatic carbocycles. The average molecular weight is 284 g/mol. The first-order chi connectivity index (χ1) is 9.22. The van der Waals surface area contributed by atoms with Crippen molar-refractivity contribution in [3.63, 3.8) is 0 Å². The predicted octanol–water partition coefficient (Wildman–Crippen LogP) is 2.33. The fourth-order valence-electron chi connectivity index (χ4n) is 2.55. The lowest BCUT2D eigenvalue weighted by atomic mass is 10.1. The highest BCUT2D eigenvalue weighted by Crippen LogP contribution is 2.38. The summed E-state index contributed by atoms with van der Waals surface area (Å²) in [5.41, 5.74) is 1.16. The molecule has 3 rings (SSSR count). The number of nitrogens with zero attached hydrogens (tertiary/aromatic N) is 1. The van der Waals surface area contributed by atoms with Crippen molar-refractivity contribution < 1.29 is 14.2 Å². The molecule has 1 aromatic rings. The smallest absolute Gasteiger partial charge is 0.179 e. The minimum Gasteiger partial charge on any atom is -0.486 e. The maximum absolute atomic E-state index is 6.25. The lowest BCUT2D eigenvalue weighted by Gasteiger charge is -2.31. The van der Waals surface area contributed by atoms with Gasteiger partial charge in [-0.2, -0.15) is 0 Å². The monoisotopic (exact) mass is 283 g/mol. The fraction of sp³-hybridized carbons (Fsp3) is 0.571. The van der Waals surface area contributed by atoms with E-state index in [-0.39, 0.29) is 0 Å². The van der Waals surface area contributed by atoms with Gasteiger partial charge in [0.1, 0.15) is 13.2 Å². The molecule has 1 atom stereocenters. The maximum atomic E-state index is 6.25. The Morgan fingerprint density at radius 3 is 2.95 bits per heavy atom. The average Bonchev–Trinajstić information content (AvgIpc) is 2.39. The van der Waals surface area contributed by atoms with Crippen LogP contribution in [0.15, 0.2) is 12.1 Å². The first-order valence-corrected chi connectivity index (χ1v) is 7.02. The van der Waals surface area contributed by atoms with E-state index in [1.807, 2.05) is 12.1 Å². The molecule has 0 radical (unpaired) electrons. The van der Waals surface area contributed by atoms with Gasteiger partial charge in [-0.1, -0.05) is 11.6 Å². The molecule has 2 heterocycles. The molecule has 104 valence electrons. The van der Waals surface area contributed by atoms with Gasteiger partial charge in [0.05, 0.1) is 17.7 Å². The zero-order chi connectivity index (χ0) is 13.2. The zero-order valence-electron chi connectivity index (χ0n) is 11.0. The van der Waals surface area contributed by atoms with Crippen LogP contribution in [0.2, 0.25) is 5.02 Å². The standard InChI is InChI=1S/C14H18ClNO3/c1-10-8-16(2-3-17-10)9-11-6-12(15)14-13(7-11)18-4-5-19-14/h6-7,10H,2-5,8-9H2,1H3. The first-order valence-electron chi connectivity index (χ1n) is 6.64. The van der Waals surface area contributed by atoms with Gasteiger partial charge >= 0.3 is 0 Å². The van der Waals surface area contributed by atoms with Crippen molar-refractivity contribution in [2.24, 2.45) is 0 Å². The first kappa shape index (κ1) is 13.0. The van der Waals surface area contributed by atoms with Crippen LogP contribution >= 0.6 is 11.6 Å². The zero-order valence-corrected chi connectivity index (χ0v) is 11.8.